The first-order chi connectivity index (χ1) is 16.9. The summed E-state index contributed by atoms with van der Waals surface area (Å²) in [5.41, 5.74) is 6.96. The second-order valence-corrected chi connectivity index (χ2v) is 8.56. The Labute approximate surface area is 203 Å². The van der Waals surface area contributed by atoms with Gasteiger partial charge >= 0.3 is 5.97 Å². The van der Waals surface area contributed by atoms with Crippen LogP contribution in [0.25, 0.3) is 11.1 Å². The van der Waals surface area contributed by atoms with Crippen LogP contribution in [-0.2, 0) is 0 Å². The average molecular weight is 467 g/mol. The fraction of sp³-hybridized carbons (Fsp3) is 0.138. The summed E-state index contributed by atoms with van der Waals surface area (Å²) in [5, 5.41) is 22.6. The van der Waals surface area contributed by atoms with Gasteiger partial charge in [0.15, 0.2) is 0 Å². The van der Waals surface area contributed by atoms with Crippen molar-refractivity contribution in [1.82, 2.24) is 4.98 Å². The number of carboxylic acids is 1. The molecular formula is C29H26N2O4. The molecule has 0 fully saturated rings. The molecule has 3 aromatic carbocycles. The zero-order valence-corrected chi connectivity index (χ0v) is 19.5. The van der Waals surface area contributed by atoms with Crippen molar-refractivity contribution in [2.24, 2.45) is 5.16 Å². The monoisotopic (exact) mass is 466 g/mol. The first-order valence-corrected chi connectivity index (χ1v) is 11.3. The van der Waals surface area contributed by atoms with Gasteiger partial charge in [-0.15, -0.1) is 0 Å². The van der Waals surface area contributed by atoms with Crippen LogP contribution in [0.4, 0.5) is 0 Å². The number of carboxylic acid groups (broad SMARTS) is 1. The van der Waals surface area contributed by atoms with Crippen LogP contribution in [0.1, 0.15) is 50.5 Å². The molecule has 1 heterocycles. The molecule has 176 valence electrons. The number of hydrogen-bond acceptors (Lipinski definition) is 4. The average Bonchev–Trinajstić information content (AvgIpc) is 2.87. The number of hydrogen-bond donors (Lipinski definition) is 3. The van der Waals surface area contributed by atoms with Gasteiger partial charge in [0.25, 0.3) is 5.56 Å². The molecular weight excluding hydrogens is 440 g/mol. The second kappa shape index (κ2) is 10.2. The van der Waals surface area contributed by atoms with Crippen molar-refractivity contribution in [3.05, 3.63) is 129 Å². The van der Waals surface area contributed by atoms with Gasteiger partial charge in [-0.25, -0.2) is 4.79 Å². The zero-order chi connectivity index (χ0) is 24.9. The topological polar surface area (TPSA) is 103 Å². The van der Waals surface area contributed by atoms with Crippen molar-refractivity contribution in [2.45, 2.75) is 26.2 Å². The zero-order valence-electron chi connectivity index (χ0n) is 19.5. The SMILES string of the molecule is Cc1ccccc1[C@H](C/C(=N\O)c1c[nH]c(=O)c(C)c1)c1ccc(-c2ccc(C(=O)O)cc2)cc1. The lowest BCUT2D eigenvalue weighted by Gasteiger charge is -2.21. The Morgan fingerprint density at radius 2 is 1.51 bits per heavy atom. The van der Waals surface area contributed by atoms with E-state index in [2.05, 4.69) is 29.2 Å². The number of aromatic nitrogens is 1. The van der Waals surface area contributed by atoms with Gasteiger partial charge in [-0.1, -0.05) is 65.8 Å². The summed E-state index contributed by atoms with van der Waals surface area (Å²) in [7, 11) is 0. The van der Waals surface area contributed by atoms with E-state index in [1.807, 2.05) is 36.4 Å². The van der Waals surface area contributed by atoms with Crippen LogP contribution in [-0.4, -0.2) is 27.0 Å². The maximum atomic E-state index is 11.8. The minimum absolute atomic E-state index is 0.0854. The number of rotatable bonds is 7. The van der Waals surface area contributed by atoms with Crippen LogP contribution in [0.5, 0.6) is 0 Å². The molecule has 0 unspecified atom stereocenters. The molecule has 0 radical (unpaired) electrons. The van der Waals surface area contributed by atoms with E-state index in [9.17, 15) is 14.8 Å². The van der Waals surface area contributed by atoms with Crippen molar-refractivity contribution in [3.63, 3.8) is 0 Å². The van der Waals surface area contributed by atoms with Crippen LogP contribution >= 0.6 is 0 Å². The number of benzene rings is 3. The first kappa shape index (κ1) is 23.7. The fourth-order valence-corrected chi connectivity index (χ4v) is 4.27. The summed E-state index contributed by atoms with van der Waals surface area (Å²) in [6, 6.07) is 24.7. The molecule has 35 heavy (non-hydrogen) atoms. The number of aromatic amines is 1. The summed E-state index contributed by atoms with van der Waals surface area (Å²) >= 11 is 0. The maximum absolute atomic E-state index is 11.8. The normalized spacial score (nSPS) is 12.3. The van der Waals surface area contributed by atoms with Crippen LogP contribution in [0.3, 0.4) is 0 Å². The lowest BCUT2D eigenvalue weighted by atomic mass is 9.83. The van der Waals surface area contributed by atoms with Crippen molar-refractivity contribution in [3.8, 4) is 11.1 Å². The first-order valence-electron chi connectivity index (χ1n) is 11.3. The molecule has 0 amide bonds. The minimum atomic E-state index is -0.952. The van der Waals surface area contributed by atoms with Gasteiger partial charge in [-0.05, 0) is 59.9 Å². The summed E-state index contributed by atoms with van der Waals surface area (Å²) in [5.74, 6) is -1.04. The molecule has 0 aliphatic heterocycles. The van der Waals surface area contributed by atoms with Crippen LogP contribution in [0.2, 0.25) is 0 Å². The van der Waals surface area contributed by atoms with Gasteiger partial charge in [-0.3, -0.25) is 4.79 Å². The summed E-state index contributed by atoms with van der Waals surface area (Å²) in [6.07, 6.45) is 2.00. The van der Waals surface area contributed by atoms with Crippen LogP contribution < -0.4 is 5.56 Å². The van der Waals surface area contributed by atoms with Crippen LogP contribution in [0.15, 0.2) is 95.0 Å². The van der Waals surface area contributed by atoms with Crippen molar-refractivity contribution in [2.75, 3.05) is 0 Å². The largest absolute Gasteiger partial charge is 0.478 e. The van der Waals surface area contributed by atoms with Crippen molar-refractivity contribution >= 4 is 11.7 Å². The molecule has 1 atom stereocenters. The van der Waals surface area contributed by atoms with Gasteiger partial charge in [0.05, 0.1) is 11.3 Å². The highest BCUT2D eigenvalue weighted by Gasteiger charge is 2.21. The smallest absolute Gasteiger partial charge is 0.335 e. The molecule has 6 heteroatoms. The molecule has 0 aliphatic carbocycles. The van der Waals surface area contributed by atoms with Gasteiger partial charge in [0.2, 0.25) is 0 Å². The van der Waals surface area contributed by atoms with E-state index in [-0.39, 0.29) is 17.0 Å². The Morgan fingerprint density at radius 3 is 2.09 bits per heavy atom. The predicted octanol–water partition coefficient (Wildman–Crippen LogP) is 5.76. The van der Waals surface area contributed by atoms with E-state index in [1.54, 1.807) is 43.5 Å². The fourth-order valence-electron chi connectivity index (χ4n) is 4.27. The minimum Gasteiger partial charge on any atom is -0.478 e. The maximum Gasteiger partial charge on any atom is 0.335 e. The van der Waals surface area contributed by atoms with E-state index in [0.29, 0.717) is 23.3 Å². The number of H-pyrrole nitrogens is 1. The van der Waals surface area contributed by atoms with Gasteiger partial charge < -0.3 is 15.3 Å². The van der Waals surface area contributed by atoms with Crippen LogP contribution in [0, 0.1) is 13.8 Å². The molecule has 4 rings (SSSR count). The number of aryl methyl sites for hydroxylation is 2. The Kier molecular flexibility index (Phi) is 6.92. The summed E-state index contributed by atoms with van der Waals surface area (Å²) in [4.78, 5) is 25.6. The highest BCUT2D eigenvalue weighted by Crippen LogP contribution is 2.33. The van der Waals surface area contributed by atoms with Crippen molar-refractivity contribution < 1.29 is 15.1 Å². The lowest BCUT2D eigenvalue weighted by Crippen LogP contribution is -2.15. The quantitative estimate of drug-likeness (QED) is 0.183. The Hall–Kier alpha value is -4.45. The van der Waals surface area contributed by atoms with Crippen molar-refractivity contribution in [1.29, 1.82) is 0 Å². The lowest BCUT2D eigenvalue weighted by molar-refractivity contribution is 0.0697. The van der Waals surface area contributed by atoms with E-state index in [1.165, 1.54) is 0 Å². The molecule has 0 saturated carbocycles. The third kappa shape index (κ3) is 5.22. The number of nitrogens with one attached hydrogen (secondary N) is 1. The molecule has 1 aromatic heterocycles. The van der Waals surface area contributed by atoms with E-state index in [4.69, 9.17) is 5.11 Å². The Balaban J connectivity index is 1.70. The predicted molar refractivity (Wildman–Crippen MR) is 137 cm³/mol. The number of nitrogens with zero attached hydrogens (tertiary/aromatic N) is 1. The number of oxime groups is 1. The van der Waals surface area contributed by atoms with Gasteiger partial charge in [-0.2, -0.15) is 0 Å². The molecule has 3 N–H and O–H groups in total. The molecule has 0 spiro atoms. The highest BCUT2D eigenvalue weighted by atomic mass is 16.4. The summed E-state index contributed by atoms with van der Waals surface area (Å²) < 4.78 is 0. The van der Waals surface area contributed by atoms with E-state index in [0.717, 1.165) is 27.8 Å². The van der Waals surface area contributed by atoms with Gasteiger partial charge in [0.1, 0.15) is 0 Å². The van der Waals surface area contributed by atoms with E-state index >= 15 is 0 Å². The standard InChI is InChI=1S/C29H26N2O4/c1-18-5-3-4-6-25(18)26(16-27(31-35)24-15-19(2)28(32)30-17-24)22-11-7-20(8-12-22)21-9-13-23(14-10-21)29(33)34/h3-15,17,26,35H,16H2,1-2H3,(H,30,32)(H,33,34)/b31-27+/t26-/m1/s1. The Bertz CT molecular complexity index is 1440. The van der Waals surface area contributed by atoms with Gasteiger partial charge in [0, 0.05) is 29.7 Å². The number of pyridine rings is 1. The molecule has 0 bridgehead atoms. The second-order valence-electron chi connectivity index (χ2n) is 8.56. The number of aromatic carboxylic acids is 1. The molecule has 0 aliphatic rings. The summed E-state index contributed by atoms with van der Waals surface area (Å²) in [6.45, 7) is 3.78. The number of carbonyl (C=O) groups is 1. The molecule has 4 aromatic rings. The Morgan fingerprint density at radius 1 is 0.886 bits per heavy atom. The third-order valence-electron chi connectivity index (χ3n) is 6.28. The molecule has 6 nitrogen and oxygen atoms in total. The third-order valence-corrected chi connectivity index (χ3v) is 6.28. The molecule has 0 saturated heterocycles. The van der Waals surface area contributed by atoms with E-state index < -0.39 is 5.97 Å². The highest BCUT2D eigenvalue weighted by molar-refractivity contribution is 6.00.